The summed E-state index contributed by atoms with van der Waals surface area (Å²) >= 11 is 6.58. The first kappa shape index (κ1) is 29.4. The quantitative estimate of drug-likeness (QED) is 0.420. The summed E-state index contributed by atoms with van der Waals surface area (Å²) in [5, 5.41) is 12.7. The number of piperazine rings is 1. The fourth-order valence-corrected chi connectivity index (χ4v) is 6.31. The third-order valence-electron chi connectivity index (χ3n) is 8.66. The van der Waals surface area contributed by atoms with Crippen molar-refractivity contribution >= 4 is 23.2 Å². The van der Waals surface area contributed by atoms with Crippen LogP contribution in [-0.2, 0) is 4.79 Å². The topological polar surface area (TPSA) is 70.4 Å². The van der Waals surface area contributed by atoms with Gasteiger partial charge in [-0.25, -0.2) is 13.5 Å². The number of halogens is 3. The predicted molar refractivity (Wildman–Crippen MR) is 155 cm³/mol. The largest absolute Gasteiger partial charge is 0.368 e. The fraction of sp³-hybridized carbons (Fsp3) is 0.533. The summed E-state index contributed by atoms with van der Waals surface area (Å²) in [6.07, 6.45) is 0. The highest BCUT2D eigenvalue weighted by atomic mass is 35.5. The van der Waals surface area contributed by atoms with E-state index < -0.39 is 17.6 Å². The van der Waals surface area contributed by atoms with E-state index in [1.165, 1.54) is 12.1 Å². The normalized spacial score (nSPS) is 21.0. The molecule has 8 nitrogen and oxygen atoms in total. The van der Waals surface area contributed by atoms with Gasteiger partial charge in [0.05, 0.1) is 12.0 Å². The number of amides is 1. The number of tetrazole rings is 1. The van der Waals surface area contributed by atoms with Crippen LogP contribution in [0.1, 0.15) is 62.2 Å². The maximum atomic E-state index is 14.9. The summed E-state index contributed by atoms with van der Waals surface area (Å²) in [5.41, 5.74) is 3.26. The second-order valence-electron chi connectivity index (χ2n) is 12.3. The average Bonchev–Trinajstić information content (AvgIpc) is 3.56. The molecule has 2 fully saturated rings. The van der Waals surface area contributed by atoms with Gasteiger partial charge in [0.25, 0.3) is 0 Å². The van der Waals surface area contributed by atoms with Crippen LogP contribution in [0.4, 0.5) is 14.5 Å². The lowest BCUT2D eigenvalue weighted by atomic mass is 9.87. The van der Waals surface area contributed by atoms with Crippen LogP contribution in [0.3, 0.4) is 0 Å². The number of anilines is 1. The Hall–Kier alpha value is -3.11. The van der Waals surface area contributed by atoms with Crippen molar-refractivity contribution in [1.82, 2.24) is 30.0 Å². The first-order chi connectivity index (χ1) is 19.3. The van der Waals surface area contributed by atoms with Gasteiger partial charge >= 0.3 is 0 Å². The monoisotopic (exact) mass is 585 g/mol. The molecule has 0 saturated carbocycles. The number of hydrogen-bond donors (Lipinski definition) is 0. The van der Waals surface area contributed by atoms with E-state index in [0.29, 0.717) is 49.9 Å². The van der Waals surface area contributed by atoms with Crippen LogP contribution in [0.2, 0.25) is 5.02 Å². The van der Waals surface area contributed by atoms with Crippen LogP contribution in [0.15, 0.2) is 30.3 Å². The molecule has 5 rings (SSSR count). The molecular formula is C30H38ClF2N7O. The van der Waals surface area contributed by atoms with Crippen LogP contribution < -0.4 is 4.90 Å². The van der Waals surface area contributed by atoms with Crippen molar-refractivity contribution in [3.05, 3.63) is 69.5 Å². The van der Waals surface area contributed by atoms with Crippen LogP contribution in [0.5, 0.6) is 0 Å². The van der Waals surface area contributed by atoms with E-state index in [0.717, 1.165) is 28.7 Å². The van der Waals surface area contributed by atoms with E-state index in [1.54, 1.807) is 4.68 Å². The molecule has 2 aromatic carbocycles. The molecule has 2 aliphatic heterocycles. The first-order valence-corrected chi connectivity index (χ1v) is 14.5. The molecule has 3 heterocycles. The molecule has 3 aromatic rings. The summed E-state index contributed by atoms with van der Waals surface area (Å²) in [6, 6.07) is 7.66. The Balaban J connectivity index is 1.36. The van der Waals surface area contributed by atoms with E-state index in [2.05, 4.69) is 59.1 Å². The number of benzene rings is 2. The Kier molecular flexibility index (Phi) is 8.09. The first-order valence-electron chi connectivity index (χ1n) is 14.1. The van der Waals surface area contributed by atoms with Gasteiger partial charge < -0.3 is 9.80 Å². The van der Waals surface area contributed by atoms with Gasteiger partial charge in [0, 0.05) is 73.1 Å². The molecule has 11 heteroatoms. The molecule has 0 bridgehead atoms. The molecule has 0 spiro atoms. The van der Waals surface area contributed by atoms with Gasteiger partial charge in [-0.05, 0) is 75.2 Å². The molecule has 0 radical (unpaired) electrons. The molecule has 0 aliphatic carbocycles. The van der Waals surface area contributed by atoms with E-state index in [1.807, 2.05) is 24.8 Å². The predicted octanol–water partition coefficient (Wildman–Crippen LogP) is 4.99. The van der Waals surface area contributed by atoms with E-state index in [-0.39, 0.29) is 23.4 Å². The summed E-state index contributed by atoms with van der Waals surface area (Å²) in [7, 11) is 0. The van der Waals surface area contributed by atoms with Gasteiger partial charge in [-0.2, -0.15) is 0 Å². The van der Waals surface area contributed by atoms with Crippen molar-refractivity contribution < 1.29 is 13.6 Å². The number of carbonyl (C=O) groups excluding carboxylic acids is 1. The van der Waals surface area contributed by atoms with Gasteiger partial charge in [0.15, 0.2) is 0 Å². The number of nitrogens with zero attached hydrogens (tertiary/aromatic N) is 7. The van der Waals surface area contributed by atoms with Crippen molar-refractivity contribution in [3.63, 3.8) is 0 Å². The van der Waals surface area contributed by atoms with Crippen LogP contribution in [-0.4, -0.2) is 80.7 Å². The molecule has 41 heavy (non-hydrogen) atoms. The maximum absolute atomic E-state index is 14.9. The van der Waals surface area contributed by atoms with Crippen LogP contribution >= 0.6 is 11.6 Å². The molecule has 3 atom stereocenters. The van der Waals surface area contributed by atoms with Gasteiger partial charge in [0.2, 0.25) is 5.91 Å². The Bertz CT molecular complexity index is 1430. The minimum absolute atomic E-state index is 0.0185. The highest BCUT2D eigenvalue weighted by Crippen LogP contribution is 2.39. The minimum atomic E-state index is -0.615. The van der Waals surface area contributed by atoms with Crippen molar-refractivity contribution in [3.8, 4) is 0 Å². The summed E-state index contributed by atoms with van der Waals surface area (Å²) < 4.78 is 30.4. The van der Waals surface area contributed by atoms with E-state index >= 15 is 0 Å². The van der Waals surface area contributed by atoms with E-state index in [4.69, 9.17) is 11.6 Å². The molecular weight excluding hydrogens is 548 g/mol. The van der Waals surface area contributed by atoms with Gasteiger partial charge in [-0.1, -0.05) is 23.7 Å². The Morgan fingerprint density at radius 2 is 1.76 bits per heavy atom. The van der Waals surface area contributed by atoms with Gasteiger partial charge in [0.1, 0.15) is 17.5 Å². The van der Waals surface area contributed by atoms with Crippen molar-refractivity contribution in [2.75, 3.05) is 44.2 Å². The lowest BCUT2D eigenvalue weighted by molar-refractivity contribution is -0.136. The molecule has 0 N–H and O–H groups in total. The Morgan fingerprint density at radius 3 is 2.37 bits per heavy atom. The Labute approximate surface area is 245 Å². The van der Waals surface area contributed by atoms with E-state index in [9.17, 15) is 13.6 Å². The molecule has 2 saturated heterocycles. The Morgan fingerprint density at radius 1 is 1.05 bits per heavy atom. The zero-order valence-electron chi connectivity index (χ0n) is 24.5. The lowest BCUT2D eigenvalue weighted by Gasteiger charge is -2.39. The number of aryl methyl sites for hydroxylation is 2. The van der Waals surface area contributed by atoms with Gasteiger partial charge in [-0.15, -0.1) is 5.10 Å². The molecule has 2 aliphatic rings. The second-order valence-corrected chi connectivity index (χ2v) is 12.7. The van der Waals surface area contributed by atoms with Crippen molar-refractivity contribution in [2.24, 2.45) is 5.92 Å². The summed E-state index contributed by atoms with van der Waals surface area (Å²) in [4.78, 5) is 20.4. The number of rotatable bonds is 5. The zero-order valence-corrected chi connectivity index (χ0v) is 25.3. The number of carbonyl (C=O) groups is 1. The fourth-order valence-electron chi connectivity index (χ4n) is 6.15. The number of aromatic nitrogens is 4. The molecule has 220 valence electrons. The number of hydrogen-bond acceptors (Lipinski definition) is 6. The molecule has 1 aromatic heterocycles. The van der Waals surface area contributed by atoms with Crippen LogP contribution in [0, 0.1) is 31.4 Å². The van der Waals surface area contributed by atoms with Crippen molar-refractivity contribution in [1.29, 1.82) is 0 Å². The third-order valence-corrected chi connectivity index (χ3v) is 9.07. The highest BCUT2D eigenvalue weighted by Gasteiger charge is 2.44. The molecule has 1 amide bonds. The molecule has 2 unspecified atom stereocenters. The summed E-state index contributed by atoms with van der Waals surface area (Å²) in [6.45, 7) is 15.6. The minimum Gasteiger partial charge on any atom is -0.368 e. The SMILES string of the molecule is Cc1cc(C(C)n2nnnc2C)c(N2CCN(C(=O)C3CN(C(C)(C)C)C[C@H]3c3ccc(F)cc3F)CC2)cc1Cl. The highest BCUT2D eigenvalue weighted by molar-refractivity contribution is 6.31. The second kappa shape index (κ2) is 11.3. The van der Waals surface area contributed by atoms with Crippen LogP contribution in [0.25, 0.3) is 0 Å². The number of likely N-dealkylation sites (tertiary alicyclic amines) is 1. The van der Waals surface area contributed by atoms with Crippen molar-refractivity contribution in [2.45, 2.75) is 59.0 Å². The summed E-state index contributed by atoms with van der Waals surface area (Å²) in [5.74, 6) is -1.22. The maximum Gasteiger partial charge on any atom is 0.227 e. The average molecular weight is 586 g/mol. The zero-order chi connectivity index (χ0) is 29.6. The smallest absolute Gasteiger partial charge is 0.227 e. The van der Waals surface area contributed by atoms with Gasteiger partial charge in [-0.3, -0.25) is 9.69 Å². The third kappa shape index (κ3) is 5.81. The lowest BCUT2D eigenvalue weighted by Crippen LogP contribution is -2.51. The standard InChI is InChI=1S/C30H38ClF2N7O/c1-18-13-23(19(2)40-20(3)34-35-36-40)28(15-26(18)31)37-9-11-38(12-10-37)29(41)25-17-39(30(4,5)6)16-24(25)22-8-7-21(32)14-27(22)33/h7-8,13-15,19,24-25H,9-12,16-17H2,1-6H3/t19?,24-,25?/m0/s1.